The highest BCUT2D eigenvalue weighted by atomic mass is 16.4. The third-order valence-electron chi connectivity index (χ3n) is 3.15. The summed E-state index contributed by atoms with van der Waals surface area (Å²) in [5.41, 5.74) is 6.07. The molecule has 0 unspecified atom stereocenters. The SMILES string of the molecule is CC(C)(NC(=O)c1ccccc1C(C)(C)C)/C(N)=N/O. The molecular weight excluding hydrogens is 254 g/mol. The zero-order chi connectivity index (χ0) is 15.6. The van der Waals surface area contributed by atoms with Gasteiger partial charge in [0.1, 0.15) is 0 Å². The lowest BCUT2D eigenvalue weighted by molar-refractivity contribution is 0.0928. The van der Waals surface area contributed by atoms with E-state index in [1.165, 1.54) is 0 Å². The van der Waals surface area contributed by atoms with Gasteiger partial charge in [-0.25, -0.2) is 0 Å². The molecule has 0 fully saturated rings. The number of nitrogens with two attached hydrogens (primary N) is 1. The van der Waals surface area contributed by atoms with Gasteiger partial charge >= 0.3 is 0 Å². The van der Waals surface area contributed by atoms with E-state index in [0.29, 0.717) is 5.56 Å². The van der Waals surface area contributed by atoms with Crippen LogP contribution in [0.2, 0.25) is 0 Å². The van der Waals surface area contributed by atoms with Crippen LogP contribution in [0.15, 0.2) is 29.4 Å². The van der Waals surface area contributed by atoms with Crippen molar-refractivity contribution in [1.29, 1.82) is 0 Å². The molecule has 0 atom stereocenters. The summed E-state index contributed by atoms with van der Waals surface area (Å²) in [5.74, 6) is -0.286. The molecule has 0 bridgehead atoms. The molecule has 110 valence electrons. The average molecular weight is 277 g/mol. The number of carbonyl (C=O) groups excluding carboxylic acids is 1. The molecule has 5 heteroatoms. The number of nitrogens with one attached hydrogen (secondary N) is 1. The number of oxime groups is 1. The largest absolute Gasteiger partial charge is 0.409 e. The highest BCUT2D eigenvalue weighted by molar-refractivity contribution is 6.00. The summed E-state index contributed by atoms with van der Waals surface area (Å²) < 4.78 is 0. The van der Waals surface area contributed by atoms with Crippen molar-refractivity contribution in [3.05, 3.63) is 35.4 Å². The lowest BCUT2D eigenvalue weighted by atomic mass is 9.83. The quantitative estimate of drug-likeness (QED) is 0.343. The van der Waals surface area contributed by atoms with Gasteiger partial charge in [-0.1, -0.05) is 44.1 Å². The van der Waals surface area contributed by atoms with E-state index in [9.17, 15) is 4.79 Å². The molecule has 0 radical (unpaired) electrons. The standard InChI is InChI=1S/C15H23N3O2/c1-14(2,3)11-9-7-6-8-10(11)12(19)17-15(4,5)13(16)18-20/h6-9,20H,1-5H3,(H2,16,18)(H,17,19). The summed E-state index contributed by atoms with van der Waals surface area (Å²) in [6.07, 6.45) is 0. The van der Waals surface area contributed by atoms with E-state index in [1.807, 2.05) is 39.0 Å². The van der Waals surface area contributed by atoms with Crippen LogP contribution in [0.25, 0.3) is 0 Å². The molecule has 20 heavy (non-hydrogen) atoms. The van der Waals surface area contributed by atoms with Crippen molar-refractivity contribution < 1.29 is 10.0 Å². The number of benzene rings is 1. The minimum absolute atomic E-state index is 0.0425. The second kappa shape index (κ2) is 5.53. The maximum atomic E-state index is 12.4. The summed E-state index contributed by atoms with van der Waals surface area (Å²) in [5, 5.41) is 14.5. The third kappa shape index (κ3) is 3.50. The van der Waals surface area contributed by atoms with Crippen molar-refractivity contribution in [3.8, 4) is 0 Å². The van der Waals surface area contributed by atoms with Gasteiger partial charge in [-0.3, -0.25) is 4.79 Å². The van der Waals surface area contributed by atoms with E-state index in [2.05, 4.69) is 10.5 Å². The lowest BCUT2D eigenvalue weighted by Crippen LogP contribution is -2.53. The molecule has 0 aliphatic carbocycles. The van der Waals surface area contributed by atoms with Gasteiger partial charge in [-0.15, -0.1) is 0 Å². The Hall–Kier alpha value is -2.04. The zero-order valence-electron chi connectivity index (χ0n) is 12.7. The van der Waals surface area contributed by atoms with Gasteiger partial charge in [-0.05, 0) is 30.9 Å². The highest BCUT2D eigenvalue weighted by Crippen LogP contribution is 2.26. The number of nitrogens with zero attached hydrogens (tertiary/aromatic N) is 1. The van der Waals surface area contributed by atoms with Crippen LogP contribution in [0.5, 0.6) is 0 Å². The first-order chi connectivity index (χ1) is 9.09. The molecule has 0 spiro atoms. The number of amidine groups is 1. The Kier molecular flexibility index (Phi) is 4.43. The molecule has 0 saturated heterocycles. The zero-order valence-corrected chi connectivity index (χ0v) is 12.7. The Morgan fingerprint density at radius 2 is 1.75 bits per heavy atom. The van der Waals surface area contributed by atoms with Crippen LogP contribution < -0.4 is 11.1 Å². The molecule has 1 aromatic rings. The highest BCUT2D eigenvalue weighted by Gasteiger charge is 2.28. The summed E-state index contributed by atoms with van der Waals surface area (Å²) >= 11 is 0. The summed E-state index contributed by atoms with van der Waals surface area (Å²) in [7, 11) is 0. The van der Waals surface area contributed by atoms with Crippen LogP contribution in [0.3, 0.4) is 0 Å². The van der Waals surface area contributed by atoms with E-state index >= 15 is 0 Å². The van der Waals surface area contributed by atoms with Gasteiger partial charge < -0.3 is 16.3 Å². The molecule has 0 saturated carbocycles. The molecular formula is C15H23N3O2. The predicted octanol–water partition coefficient (Wildman–Crippen LogP) is 2.24. The number of rotatable bonds is 3. The Labute approximate surface area is 119 Å². The fourth-order valence-electron chi connectivity index (χ4n) is 1.88. The van der Waals surface area contributed by atoms with Gasteiger partial charge in [0, 0.05) is 5.56 Å². The van der Waals surface area contributed by atoms with Crippen LogP contribution in [0.4, 0.5) is 0 Å². The summed E-state index contributed by atoms with van der Waals surface area (Å²) in [6.45, 7) is 9.51. The van der Waals surface area contributed by atoms with Crippen molar-refractivity contribution >= 4 is 11.7 Å². The number of hydrogen-bond acceptors (Lipinski definition) is 3. The van der Waals surface area contributed by atoms with Gasteiger partial charge in [-0.2, -0.15) is 0 Å². The van der Waals surface area contributed by atoms with E-state index in [4.69, 9.17) is 10.9 Å². The normalized spacial score (nSPS) is 13.2. The fraction of sp³-hybridized carbons (Fsp3) is 0.467. The van der Waals surface area contributed by atoms with Crippen LogP contribution >= 0.6 is 0 Å². The van der Waals surface area contributed by atoms with E-state index < -0.39 is 5.54 Å². The molecule has 0 aromatic heterocycles. The maximum Gasteiger partial charge on any atom is 0.252 e. The topological polar surface area (TPSA) is 87.7 Å². The number of amides is 1. The van der Waals surface area contributed by atoms with Gasteiger partial charge in [0.15, 0.2) is 5.84 Å². The molecule has 5 nitrogen and oxygen atoms in total. The first-order valence-electron chi connectivity index (χ1n) is 6.49. The Morgan fingerprint density at radius 3 is 2.25 bits per heavy atom. The van der Waals surface area contributed by atoms with Crippen LogP contribution in [0.1, 0.15) is 50.5 Å². The Balaban J connectivity index is 3.12. The molecule has 0 heterocycles. The van der Waals surface area contributed by atoms with Gasteiger partial charge in [0.2, 0.25) is 0 Å². The minimum Gasteiger partial charge on any atom is -0.409 e. The van der Waals surface area contributed by atoms with Crippen molar-refractivity contribution in [3.63, 3.8) is 0 Å². The molecule has 1 aromatic carbocycles. The second-order valence-corrected chi connectivity index (χ2v) is 6.36. The monoisotopic (exact) mass is 277 g/mol. The third-order valence-corrected chi connectivity index (χ3v) is 3.15. The molecule has 0 aliphatic heterocycles. The minimum atomic E-state index is -0.920. The number of carbonyl (C=O) groups is 1. The van der Waals surface area contributed by atoms with E-state index in [-0.39, 0.29) is 17.2 Å². The van der Waals surface area contributed by atoms with Crippen LogP contribution in [-0.2, 0) is 5.41 Å². The Morgan fingerprint density at radius 1 is 1.20 bits per heavy atom. The molecule has 0 aliphatic rings. The molecule has 4 N–H and O–H groups in total. The van der Waals surface area contributed by atoms with Gasteiger partial charge in [0.25, 0.3) is 5.91 Å². The van der Waals surface area contributed by atoms with Crippen molar-refractivity contribution in [1.82, 2.24) is 5.32 Å². The molecule has 1 rings (SSSR count). The van der Waals surface area contributed by atoms with Crippen molar-refractivity contribution in [2.24, 2.45) is 10.9 Å². The first kappa shape index (κ1) is 16.0. The van der Waals surface area contributed by atoms with E-state index in [0.717, 1.165) is 5.56 Å². The maximum absolute atomic E-state index is 12.4. The van der Waals surface area contributed by atoms with Crippen molar-refractivity contribution in [2.75, 3.05) is 0 Å². The van der Waals surface area contributed by atoms with Crippen LogP contribution in [-0.4, -0.2) is 22.5 Å². The van der Waals surface area contributed by atoms with Crippen LogP contribution in [0, 0.1) is 0 Å². The predicted molar refractivity (Wildman–Crippen MR) is 80.1 cm³/mol. The second-order valence-electron chi connectivity index (χ2n) is 6.36. The summed E-state index contributed by atoms with van der Waals surface area (Å²) in [6, 6.07) is 7.44. The average Bonchev–Trinajstić information content (AvgIpc) is 2.36. The molecule has 1 amide bonds. The number of hydrogen-bond donors (Lipinski definition) is 3. The lowest BCUT2D eigenvalue weighted by Gasteiger charge is -2.27. The van der Waals surface area contributed by atoms with Crippen molar-refractivity contribution in [2.45, 2.75) is 45.6 Å². The Bertz CT molecular complexity index is 528. The summed E-state index contributed by atoms with van der Waals surface area (Å²) in [4.78, 5) is 12.4. The fourth-order valence-corrected chi connectivity index (χ4v) is 1.88. The van der Waals surface area contributed by atoms with E-state index in [1.54, 1.807) is 19.9 Å². The van der Waals surface area contributed by atoms with Gasteiger partial charge in [0.05, 0.1) is 5.54 Å². The first-order valence-corrected chi connectivity index (χ1v) is 6.49. The smallest absolute Gasteiger partial charge is 0.252 e.